The summed E-state index contributed by atoms with van der Waals surface area (Å²) in [6.07, 6.45) is 0. The molecule has 1 aliphatic heterocycles. The summed E-state index contributed by atoms with van der Waals surface area (Å²) in [5.74, 6) is 0. The van der Waals surface area contributed by atoms with Gasteiger partial charge in [0.25, 0.3) is 0 Å². The summed E-state index contributed by atoms with van der Waals surface area (Å²) in [6, 6.07) is 3.64. The molecule has 1 aromatic rings. The van der Waals surface area contributed by atoms with Crippen LogP contribution in [0.15, 0.2) is 21.5 Å². The number of nitrogens with zero attached hydrogens (tertiary/aromatic N) is 2. The molecule has 0 amide bonds. The predicted molar refractivity (Wildman–Crippen MR) is 84.5 cm³/mol. The molecule has 0 bridgehead atoms. The first-order valence-corrected chi connectivity index (χ1v) is 9.09. The van der Waals surface area contributed by atoms with Gasteiger partial charge in [0.1, 0.15) is 0 Å². The molecule has 20 heavy (non-hydrogen) atoms. The molecule has 0 radical (unpaired) electrons. The van der Waals surface area contributed by atoms with Gasteiger partial charge >= 0.3 is 0 Å². The van der Waals surface area contributed by atoms with Gasteiger partial charge in [0.15, 0.2) is 0 Å². The summed E-state index contributed by atoms with van der Waals surface area (Å²) in [4.78, 5) is 2.70. The maximum absolute atomic E-state index is 12.8. The second-order valence-corrected chi connectivity index (χ2v) is 7.97. The van der Waals surface area contributed by atoms with E-state index in [4.69, 9.17) is 0 Å². The van der Waals surface area contributed by atoms with Crippen molar-refractivity contribution in [1.82, 2.24) is 9.21 Å². The second kappa shape index (κ2) is 6.13. The summed E-state index contributed by atoms with van der Waals surface area (Å²) < 4.78 is 28.1. The van der Waals surface area contributed by atoms with E-state index in [0.29, 0.717) is 18.0 Å². The van der Waals surface area contributed by atoms with Crippen molar-refractivity contribution < 1.29 is 8.42 Å². The molecule has 4 nitrogen and oxygen atoms in total. The molecule has 1 aromatic carbocycles. The van der Waals surface area contributed by atoms with Gasteiger partial charge in [-0.1, -0.05) is 22.9 Å². The Morgan fingerprint density at radius 2 is 1.70 bits per heavy atom. The van der Waals surface area contributed by atoms with Crippen LogP contribution in [0.3, 0.4) is 0 Å². The lowest BCUT2D eigenvalue weighted by Gasteiger charge is -2.33. The molecule has 1 fully saturated rings. The molecule has 0 atom stereocenters. The van der Waals surface area contributed by atoms with Crippen molar-refractivity contribution in [3.63, 3.8) is 0 Å². The van der Waals surface area contributed by atoms with Crippen LogP contribution >= 0.6 is 15.9 Å². The van der Waals surface area contributed by atoms with Crippen molar-refractivity contribution in [2.75, 3.05) is 32.7 Å². The topological polar surface area (TPSA) is 40.6 Å². The van der Waals surface area contributed by atoms with Gasteiger partial charge in [-0.2, -0.15) is 4.31 Å². The summed E-state index contributed by atoms with van der Waals surface area (Å²) in [6.45, 7) is 9.61. The van der Waals surface area contributed by atoms with Crippen molar-refractivity contribution in [2.24, 2.45) is 0 Å². The van der Waals surface area contributed by atoms with Crippen LogP contribution in [0, 0.1) is 13.8 Å². The predicted octanol–water partition coefficient (Wildman–Crippen LogP) is 2.39. The van der Waals surface area contributed by atoms with E-state index in [0.717, 1.165) is 35.2 Å². The molecule has 2 rings (SSSR count). The van der Waals surface area contributed by atoms with E-state index in [2.05, 4.69) is 27.8 Å². The first-order chi connectivity index (χ1) is 9.36. The van der Waals surface area contributed by atoms with Crippen LogP contribution in [0.2, 0.25) is 0 Å². The smallest absolute Gasteiger partial charge is 0.243 e. The molecule has 0 N–H and O–H groups in total. The minimum absolute atomic E-state index is 0.433. The Morgan fingerprint density at radius 1 is 1.10 bits per heavy atom. The van der Waals surface area contributed by atoms with Crippen LogP contribution in [0.5, 0.6) is 0 Å². The Bertz CT molecular complexity index is 593. The van der Waals surface area contributed by atoms with Crippen LogP contribution in [0.1, 0.15) is 18.1 Å². The van der Waals surface area contributed by atoms with Crippen LogP contribution < -0.4 is 0 Å². The molecule has 1 aliphatic rings. The van der Waals surface area contributed by atoms with Gasteiger partial charge in [-0.15, -0.1) is 0 Å². The Kier molecular flexibility index (Phi) is 4.89. The van der Waals surface area contributed by atoms with Crippen LogP contribution in [-0.4, -0.2) is 50.3 Å². The molecular weight excluding hydrogens is 340 g/mol. The summed E-state index contributed by atoms with van der Waals surface area (Å²) in [7, 11) is -3.38. The molecule has 0 spiro atoms. The summed E-state index contributed by atoms with van der Waals surface area (Å²) in [5, 5.41) is 0. The molecule has 0 aromatic heterocycles. The second-order valence-electron chi connectivity index (χ2n) is 5.21. The van der Waals surface area contributed by atoms with E-state index in [9.17, 15) is 8.42 Å². The molecule has 0 saturated carbocycles. The van der Waals surface area contributed by atoms with Crippen molar-refractivity contribution in [3.8, 4) is 0 Å². The Balaban J connectivity index is 2.30. The highest BCUT2D eigenvalue weighted by Gasteiger charge is 2.29. The maximum Gasteiger partial charge on any atom is 0.243 e. The largest absolute Gasteiger partial charge is 0.301 e. The van der Waals surface area contributed by atoms with Crippen molar-refractivity contribution >= 4 is 26.0 Å². The number of benzene rings is 1. The third kappa shape index (κ3) is 3.08. The Labute approximate surface area is 129 Å². The number of hydrogen-bond donors (Lipinski definition) is 0. The lowest BCUT2D eigenvalue weighted by atomic mass is 10.2. The number of halogens is 1. The van der Waals surface area contributed by atoms with Crippen LogP contribution in [0.25, 0.3) is 0 Å². The van der Waals surface area contributed by atoms with Gasteiger partial charge in [-0.3, -0.25) is 0 Å². The first-order valence-electron chi connectivity index (χ1n) is 6.85. The van der Waals surface area contributed by atoms with Crippen LogP contribution in [0.4, 0.5) is 0 Å². The van der Waals surface area contributed by atoms with Crippen molar-refractivity contribution in [3.05, 3.63) is 27.7 Å². The average Bonchev–Trinajstić information content (AvgIpc) is 2.42. The highest BCUT2D eigenvalue weighted by Crippen LogP contribution is 2.27. The normalized spacial score (nSPS) is 18.4. The highest BCUT2D eigenvalue weighted by molar-refractivity contribution is 9.10. The molecule has 0 unspecified atom stereocenters. The Hall–Kier alpha value is -0.430. The van der Waals surface area contributed by atoms with E-state index < -0.39 is 10.0 Å². The SMILES string of the molecule is CCN1CCN(S(=O)(=O)c2cc(C)c(Br)cc2C)CC1. The van der Waals surface area contributed by atoms with Crippen molar-refractivity contribution in [1.29, 1.82) is 0 Å². The molecule has 112 valence electrons. The fraction of sp³-hybridized carbons (Fsp3) is 0.571. The number of likely N-dealkylation sites (N-methyl/N-ethyl adjacent to an activating group) is 1. The number of rotatable bonds is 3. The molecule has 1 saturated heterocycles. The van der Waals surface area contributed by atoms with Crippen LogP contribution in [-0.2, 0) is 10.0 Å². The quantitative estimate of drug-likeness (QED) is 0.830. The number of sulfonamides is 1. The van der Waals surface area contributed by atoms with E-state index in [1.807, 2.05) is 19.9 Å². The molecule has 0 aliphatic carbocycles. The standard InChI is InChI=1S/C14H21BrN2O2S/c1-4-16-5-7-17(8-6-16)20(18,19)14-10-11(2)13(15)9-12(14)3/h9-10H,4-8H2,1-3H3. The van der Waals surface area contributed by atoms with Gasteiger partial charge in [-0.25, -0.2) is 8.42 Å². The van der Waals surface area contributed by atoms with Gasteiger partial charge in [-0.05, 0) is 43.7 Å². The first kappa shape index (κ1) is 15.9. The van der Waals surface area contributed by atoms with E-state index in [-0.39, 0.29) is 0 Å². The minimum Gasteiger partial charge on any atom is -0.301 e. The third-order valence-electron chi connectivity index (χ3n) is 3.85. The van der Waals surface area contributed by atoms with E-state index >= 15 is 0 Å². The lowest BCUT2D eigenvalue weighted by molar-refractivity contribution is 0.196. The summed E-state index contributed by atoms with van der Waals surface area (Å²) >= 11 is 3.45. The lowest BCUT2D eigenvalue weighted by Crippen LogP contribution is -2.48. The number of aryl methyl sites for hydroxylation is 2. The zero-order valence-corrected chi connectivity index (χ0v) is 14.6. The fourth-order valence-corrected chi connectivity index (χ4v) is 4.63. The molecular formula is C14H21BrN2O2S. The van der Waals surface area contributed by atoms with Gasteiger partial charge < -0.3 is 4.90 Å². The van der Waals surface area contributed by atoms with Gasteiger partial charge in [0.05, 0.1) is 4.90 Å². The van der Waals surface area contributed by atoms with E-state index in [1.165, 1.54) is 0 Å². The summed E-state index contributed by atoms with van der Waals surface area (Å²) in [5.41, 5.74) is 1.74. The molecule has 6 heteroatoms. The van der Waals surface area contributed by atoms with Gasteiger partial charge in [0, 0.05) is 30.7 Å². The Morgan fingerprint density at radius 3 is 2.25 bits per heavy atom. The fourth-order valence-electron chi connectivity index (χ4n) is 2.46. The zero-order chi connectivity index (χ0) is 14.9. The van der Waals surface area contributed by atoms with Crippen molar-refractivity contribution in [2.45, 2.75) is 25.7 Å². The number of piperazine rings is 1. The average molecular weight is 361 g/mol. The number of hydrogen-bond acceptors (Lipinski definition) is 3. The minimum atomic E-state index is -3.38. The third-order valence-corrected chi connectivity index (χ3v) is 6.75. The maximum atomic E-state index is 12.8. The van der Waals surface area contributed by atoms with Gasteiger partial charge in [0.2, 0.25) is 10.0 Å². The highest BCUT2D eigenvalue weighted by atomic mass is 79.9. The zero-order valence-electron chi connectivity index (χ0n) is 12.2. The molecule has 1 heterocycles. The van der Waals surface area contributed by atoms with E-state index in [1.54, 1.807) is 10.4 Å². The monoisotopic (exact) mass is 360 g/mol.